The molecule has 1 atom stereocenters. The van der Waals surface area contributed by atoms with Crippen molar-refractivity contribution in [2.45, 2.75) is 18.5 Å². The number of halogens is 4. The predicted octanol–water partition coefficient (Wildman–Crippen LogP) is 3.54. The van der Waals surface area contributed by atoms with E-state index in [1.807, 2.05) is 0 Å². The van der Waals surface area contributed by atoms with E-state index in [0.29, 0.717) is 0 Å². The fourth-order valence-corrected chi connectivity index (χ4v) is 2.52. The molecule has 1 fully saturated rings. The largest absolute Gasteiger partial charge is 0.416 e. The smallest absolute Gasteiger partial charge is 0.316 e. The van der Waals surface area contributed by atoms with Gasteiger partial charge in [-0.1, -0.05) is 15.9 Å². The highest BCUT2D eigenvalue weighted by Gasteiger charge is 2.32. The van der Waals surface area contributed by atoms with Crippen LogP contribution in [0.1, 0.15) is 23.5 Å². The van der Waals surface area contributed by atoms with Crippen molar-refractivity contribution in [1.82, 2.24) is 5.32 Å². The van der Waals surface area contributed by atoms with Crippen LogP contribution in [0.15, 0.2) is 22.7 Å². The summed E-state index contributed by atoms with van der Waals surface area (Å²) >= 11 is 3.31. The molecule has 2 rings (SSSR count). The normalized spacial score (nSPS) is 21.4. The molecule has 1 N–H and O–H groups in total. The maximum absolute atomic E-state index is 12.6. The van der Waals surface area contributed by atoms with Crippen LogP contribution in [0, 0.1) is 0 Å². The minimum absolute atomic E-state index is 0.177. The van der Waals surface area contributed by atoms with E-state index in [2.05, 4.69) is 21.2 Å². The van der Waals surface area contributed by atoms with Gasteiger partial charge in [0.2, 0.25) is 0 Å². The van der Waals surface area contributed by atoms with Gasteiger partial charge in [-0.3, -0.25) is 0 Å². The molecule has 16 heavy (non-hydrogen) atoms. The Labute approximate surface area is 100 Å². The summed E-state index contributed by atoms with van der Waals surface area (Å²) in [4.78, 5) is 0. The summed E-state index contributed by atoms with van der Waals surface area (Å²) in [6, 6.07) is 3.84. The Balaban J connectivity index is 2.36. The molecule has 0 radical (unpaired) electrons. The second-order valence-corrected chi connectivity index (χ2v) is 4.78. The van der Waals surface area contributed by atoms with Crippen molar-refractivity contribution in [3.05, 3.63) is 33.8 Å². The van der Waals surface area contributed by atoms with Crippen LogP contribution in [-0.4, -0.2) is 13.1 Å². The van der Waals surface area contributed by atoms with Crippen molar-refractivity contribution in [2.24, 2.45) is 0 Å². The van der Waals surface area contributed by atoms with Gasteiger partial charge in [0, 0.05) is 11.0 Å². The molecule has 1 saturated heterocycles. The van der Waals surface area contributed by atoms with Gasteiger partial charge in [-0.05, 0) is 42.6 Å². The molecule has 1 aliphatic heterocycles. The van der Waals surface area contributed by atoms with E-state index in [-0.39, 0.29) is 5.92 Å². The van der Waals surface area contributed by atoms with E-state index in [1.165, 1.54) is 12.1 Å². The summed E-state index contributed by atoms with van der Waals surface area (Å²) in [6.45, 7) is 1.62. The van der Waals surface area contributed by atoms with Crippen LogP contribution in [-0.2, 0) is 6.18 Å². The maximum Gasteiger partial charge on any atom is 0.416 e. The molecule has 88 valence electrons. The second-order valence-electron chi connectivity index (χ2n) is 3.92. The summed E-state index contributed by atoms with van der Waals surface area (Å²) < 4.78 is 38.4. The third-order valence-corrected chi connectivity index (χ3v) is 3.55. The number of hydrogen-bond acceptors (Lipinski definition) is 1. The zero-order chi connectivity index (χ0) is 11.8. The molecule has 1 nitrogen and oxygen atoms in total. The van der Waals surface area contributed by atoms with Crippen LogP contribution in [0.25, 0.3) is 0 Å². The first-order valence-corrected chi connectivity index (χ1v) is 5.85. The summed E-state index contributed by atoms with van der Waals surface area (Å²) in [6.07, 6.45) is -3.37. The van der Waals surface area contributed by atoms with Gasteiger partial charge in [-0.25, -0.2) is 0 Å². The Hall–Kier alpha value is -0.550. The van der Waals surface area contributed by atoms with Gasteiger partial charge in [-0.2, -0.15) is 13.2 Å². The fraction of sp³-hybridized carbons (Fsp3) is 0.455. The number of benzene rings is 1. The number of alkyl halides is 3. The molecule has 1 heterocycles. The Morgan fingerprint density at radius 1 is 1.31 bits per heavy atom. The lowest BCUT2D eigenvalue weighted by Crippen LogP contribution is -2.10. The first-order chi connectivity index (χ1) is 7.48. The molecular formula is C11H11BrF3N. The Kier molecular flexibility index (Phi) is 3.26. The minimum Gasteiger partial charge on any atom is -0.316 e. The fourth-order valence-electron chi connectivity index (χ4n) is 1.95. The second kappa shape index (κ2) is 4.37. The van der Waals surface area contributed by atoms with Crippen LogP contribution in [0.4, 0.5) is 13.2 Å². The first kappa shape index (κ1) is 11.9. The molecule has 1 unspecified atom stereocenters. The van der Waals surface area contributed by atoms with Gasteiger partial charge < -0.3 is 5.32 Å². The lowest BCUT2D eigenvalue weighted by Gasteiger charge is -2.14. The number of rotatable bonds is 1. The van der Waals surface area contributed by atoms with E-state index in [4.69, 9.17) is 0 Å². The molecule has 0 amide bonds. The zero-order valence-corrected chi connectivity index (χ0v) is 10.0. The molecule has 0 aliphatic carbocycles. The molecule has 1 aliphatic rings. The van der Waals surface area contributed by atoms with Crippen molar-refractivity contribution in [3.63, 3.8) is 0 Å². The Morgan fingerprint density at radius 2 is 2.06 bits per heavy atom. The standard InChI is InChI=1S/C11H11BrF3N/c12-10-2-1-8(11(13,14)15)5-9(10)7-3-4-16-6-7/h1-2,5,7,16H,3-4,6H2. The van der Waals surface area contributed by atoms with Crippen molar-refractivity contribution in [2.75, 3.05) is 13.1 Å². The van der Waals surface area contributed by atoms with Gasteiger partial charge in [0.05, 0.1) is 5.56 Å². The zero-order valence-electron chi connectivity index (χ0n) is 8.44. The highest BCUT2D eigenvalue weighted by Crippen LogP contribution is 2.35. The third kappa shape index (κ3) is 2.40. The monoisotopic (exact) mass is 293 g/mol. The average Bonchev–Trinajstić information content (AvgIpc) is 2.69. The molecule has 0 saturated carbocycles. The van der Waals surface area contributed by atoms with Crippen LogP contribution in [0.5, 0.6) is 0 Å². The molecule has 5 heteroatoms. The van der Waals surface area contributed by atoms with Crippen LogP contribution in [0.3, 0.4) is 0 Å². The van der Waals surface area contributed by atoms with E-state index in [1.54, 1.807) is 0 Å². The highest BCUT2D eigenvalue weighted by molar-refractivity contribution is 9.10. The van der Waals surface area contributed by atoms with Crippen LogP contribution in [0.2, 0.25) is 0 Å². The quantitative estimate of drug-likeness (QED) is 0.835. The van der Waals surface area contributed by atoms with Crippen molar-refractivity contribution >= 4 is 15.9 Å². The minimum atomic E-state index is -4.26. The van der Waals surface area contributed by atoms with E-state index < -0.39 is 11.7 Å². The van der Waals surface area contributed by atoms with Gasteiger partial charge in [0.15, 0.2) is 0 Å². The Morgan fingerprint density at radius 3 is 2.62 bits per heavy atom. The average molecular weight is 294 g/mol. The van der Waals surface area contributed by atoms with E-state index in [9.17, 15) is 13.2 Å². The third-order valence-electron chi connectivity index (χ3n) is 2.82. The molecule has 0 aromatic heterocycles. The highest BCUT2D eigenvalue weighted by atomic mass is 79.9. The molecule has 0 spiro atoms. The molecular weight excluding hydrogens is 283 g/mol. The SMILES string of the molecule is FC(F)(F)c1ccc(Br)c(C2CCNC2)c1. The summed E-state index contributed by atoms with van der Waals surface area (Å²) in [7, 11) is 0. The molecule has 1 aromatic carbocycles. The van der Waals surface area contributed by atoms with Crippen LogP contribution >= 0.6 is 15.9 Å². The van der Waals surface area contributed by atoms with Gasteiger partial charge in [0.25, 0.3) is 0 Å². The lowest BCUT2D eigenvalue weighted by molar-refractivity contribution is -0.137. The number of hydrogen-bond donors (Lipinski definition) is 1. The van der Waals surface area contributed by atoms with E-state index >= 15 is 0 Å². The topological polar surface area (TPSA) is 12.0 Å². The molecule has 0 bridgehead atoms. The van der Waals surface area contributed by atoms with E-state index in [0.717, 1.165) is 35.6 Å². The Bertz CT molecular complexity index is 383. The van der Waals surface area contributed by atoms with Crippen molar-refractivity contribution in [3.8, 4) is 0 Å². The molecule has 1 aromatic rings. The van der Waals surface area contributed by atoms with Gasteiger partial charge in [-0.15, -0.1) is 0 Å². The number of nitrogens with one attached hydrogen (secondary N) is 1. The van der Waals surface area contributed by atoms with Crippen molar-refractivity contribution < 1.29 is 13.2 Å². The van der Waals surface area contributed by atoms with Crippen LogP contribution < -0.4 is 5.32 Å². The summed E-state index contributed by atoms with van der Waals surface area (Å²) in [5.74, 6) is 0.177. The van der Waals surface area contributed by atoms with Crippen molar-refractivity contribution in [1.29, 1.82) is 0 Å². The lowest BCUT2D eigenvalue weighted by atomic mass is 9.96. The summed E-state index contributed by atoms with van der Waals surface area (Å²) in [5, 5.41) is 3.15. The predicted molar refractivity (Wildman–Crippen MR) is 59.4 cm³/mol. The summed E-state index contributed by atoms with van der Waals surface area (Å²) in [5.41, 5.74) is 0.178. The first-order valence-electron chi connectivity index (χ1n) is 5.06. The van der Waals surface area contributed by atoms with Gasteiger partial charge >= 0.3 is 6.18 Å². The maximum atomic E-state index is 12.6. The van der Waals surface area contributed by atoms with Gasteiger partial charge in [0.1, 0.15) is 0 Å².